The van der Waals surface area contributed by atoms with E-state index in [1.807, 2.05) is 11.0 Å². The van der Waals surface area contributed by atoms with Gasteiger partial charge in [0.1, 0.15) is 0 Å². The maximum atomic E-state index is 12.3. The highest BCUT2D eigenvalue weighted by Gasteiger charge is 2.32. The third kappa shape index (κ3) is 3.42. The smallest absolute Gasteiger partial charge is 0.228 e. The molecule has 2 aliphatic rings. The quantitative estimate of drug-likeness (QED) is 0.879. The van der Waals surface area contributed by atoms with Crippen molar-refractivity contribution >= 4 is 11.8 Å². The average Bonchev–Trinajstić information content (AvgIpc) is 2.95. The summed E-state index contributed by atoms with van der Waals surface area (Å²) in [5, 5.41) is 2.73. The summed E-state index contributed by atoms with van der Waals surface area (Å²) >= 11 is 0. The first-order chi connectivity index (χ1) is 10.2. The number of nitrogens with one attached hydrogen (secondary N) is 1. The van der Waals surface area contributed by atoms with E-state index in [4.69, 9.17) is 0 Å². The summed E-state index contributed by atoms with van der Waals surface area (Å²) in [6.07, 6.45) is 0.350. The molecule has 2 heterocycles. The van der Waals surface area contributed by atoms with E-state index in [9.17, 15) is 9.59 Å². The van der Waals surface area contributed by atoms with Crippen molar-refractivity contribution < 1.29 is 9.59 Å². The molecule has 0 bridgehead atoms. The zero-order chi connectivity index (χ0) is 14.7. The number of benzene rings is 1. The Bertz CT molecular complexity index is 510. The van der Waals surface area contributed by atoms with Gasteiger partial charge in [-0.2, -0.15) is 0 Å². The standard InChI is InChI=1S/C16H21N3O2/c20-15-10-14(11-17-15)16(21)19-8-6-18(7-9-19)12-13-4-2-1-3-5-13/h1-5,14H,6-12H2,(H,17,20). The number of carbonyl (C=O) groups excluding carboxylic acids is 2. The molecular weight excluding hydrogens is 266 g/mol. The largest absolute Gasteiger partial charge is 0.355 e. The van der Waals surface area contributed by atoms with Crippen molar-refractivity contribution in [2.45, 2.75) is 13.0 Å². The molecule has 1 unspecified atom stereocenters. The fraction of sp³-hybridized carbons (Fsp3) is 0.500. The number of rotatable bonds is 3. The summed E-state index contributed by atoms with van der Waals surface area (Å²) < 4.78 is 0. The van der Waals surface area contributed by atoms with Crippen LogP contribution in [0.1, 0.15) is 12.0 Å². The van der Waals surface area contributed by atoms with Gasteiger partial charge in [-0.1, -0.05) is 30.3 Å². The zero-order valence-corrected chi connectivity index (χ0v) is 12.1. The van der Waals surface area contributed by atoms with Gasteiger partial charge in [-0.05, 0) is 5.56 Å². The van der Waals surface area contributed by atoms with E-state index in [1.165, 1.54) is 5.56 Å². The predicted molar refractivity (Wildman–Crippen MR) is 79.4 cm³/mol. The van der Waals surface area contributed by atoms with Gasteiger partial charge in [0, 0.05) is 45.7 Å². The second-order valence-corrected chi connectivity index (χ2v) is 5.79. The number of hydrogen-bond acceptors (Lipinski definition) is 3. The van der Waals surface area contributed by atoms with E-state index in [2.05, 4.69) is 34.5 Å². The maximum absolute atomic E-state index is 12.3. The molecule has 112 valence electrons. The van der Waals surface area contributed by atoms with E-state index >= 15 is 0 Å². The molecule has 21 heavy (non-hydrogen) atoms. The van der Waals surface area contributed by atoms with Crippen molar-refractivity contribution in [3.05, 3.63) is 35.9 Å². The molecule has 1 atom stereocenters. The molecule has 1 N–H and O–H groups in total. The van der Waals surface area contributed by atoms with Crippen LogP contribution in [0.2, 0.25) is 0 Å². The molecule has 3 rings (SSSR count). The fourth-order valence-corrected chi connectivity index (χ4v) is 3.01. The molecule has 2 fully saturated rings. The van der Waals surface area contributed by atoms with Gasteiger partial charge < -0.3 is 10.2 Å². The second-order valence-electron chi connectivity index (χ2n) is 5.79. The van der Waals surface area contributed by atoms with E-state index in [-0.39, 0.29) is 17.7 Å². The highest BCUT2D eigenvalue weighted by molar-refractivity contribution is 5.89. The van der Waals surface area contributed by atoms with Crippen LogP contribution in [0.25, 0.3) is 0 Å². The van der Waals surface area contributed by atoms with Gasteiger partial charge >= 0.3 is 0 Å². The lowest BCUT2D eigenvalue weighted by Gasteiger charge is -2.35. The Morgan fingerprint density at radius 1 is 1.14 bits per heavy atom. The molecule has 0 spiro atoms. The Hall–Kier alpha value is -1.88. The van der Waals surface area contributed by atoms with Crippen LogP contribution in [0.15, 0.2) is 30.3 Å². The van der Waals surface area contributed by atoms with Gasteiger partial charge in [0.25, 0.3) is 0 Å². The second kappa shape index (κ2) is 6.26. The van der Waals surface area contributed by atoms with E-state index < -0.39 is 0 Å². The Labute approximate surface area is 124 Å². The van der Waals surface area contributed by atoms with Gasteiger partial charge in [-0.15, -0.1) is 0 Å². The normalized spacial score (nSPS) is 23.1. The number of hydrogen-bond donors (Lipinski definition) is 1. The topological polar surface area (TPSA) is 52.7 Å². The number of piperazine rings is 1. The summed E-state index contributed by atoms with van der Waals surface area (Å²) in [5.41, 5.74) is 1.31. The monoisotopic (exact) mass is 287 g/mol. The minimum absolute atomic E-state index is 0.00364. The fourth-order valence-electron chi connectivity index (χ4n) is 3.01. The van der Waals surface area contributed by atoms with Gasteiger partial charge in [0.05, 0.1) is 5.92 Å². The van der Waals surface area contributed by atoms with Crippen molar-refractivity contribution in [1.29, 1.82) is 0 Å². The lowest BCUT2D eigenvalue weighted by Crippen LogP contribution is -2.50. The molecule has 5 heteroatoms. The number of amides is 2. The van der Waals surface area contributed by atoms with E-state index in [0.717, 1.165) is 32.7 Å². The first-order valence-electron chi connectivity index (χ1n) is 7.54. The predicted octanol–water partition coefficient (Wildman–Crippen LogP) is 0.467. The summed E-state index contributed by atoms with van der Waals surface area (Å²) in [5.74, 6) is -0.0260. The Morgan fingerprint density at radius 3 is 2.48 bits per heavy atom. The van der Waals surface area contributed by atoms with Crippen molar-refractivity contribution in [3.63, 3.8) is 0 Å². The van der Waals surface area contributed by atoms with Crippen LogP contribution in [0, 0.1) is 5.92 Å². The number of nitrogens with zero attached hydrogens (tertiary/aromatic N) is 2. The maximum Gasteiger partial charge on any atom is 0.228 e. The molecule has 5 nitrogen and oxygen atoms in total. The highest BCUT2D eigenvalue weighted by Crippen LogP contribution is 2.15. The van der Waals surface area contributed by atoms with Crippen LogP contribution in [-0.2, 0) is 16.1 Å². The minimum atomic E-state index is -0.154. The Kier molecular flexibility index (Phi) is 4.20. The van der Waals surface area contributed by atoms with Crippen molar-refractivity contribution in [1.82, 2.24) is 15.1 Å². The molecule has 2 saturated heterocycles. The van der Waals surface area contributed by atoms with Crippen molar-refractivity contribution in [2.24, 2.45) is 5.92 Å². The lowest BCUT2D eigenvalue weighted by atomic mass is 10.1. The van der Waals surface area contributed by atoms with Crippen LogP contribution in [0.3, 0.4) is 0 Å². The lowest BCUT2D eigenvalue weighted by molar-refractivity contribution is -0.137. The third-order valence-electron chi connectivity index (χ3n) is 4.26. The van der Waals surface area contributed by atoms with Crippen LogP contribution in [-0.4, -0.2) is 54.3 Å². The average molecular weight is 287 g/mol. The molecule has 0 aromatic heterocycles. The third-order valence-corrected chi connectivity index (χ3v) is 4.26. The summed E-state index contributed by atoms with van der Waals surface area (Å²) in [7, 11) is 0. The van der Waals surface area contributed by atoms with Gasteiger partial charge in [0.2, 0.25) is 11.8 Å². The SMILES string of the molecule is O=C1CC(C(=O)N2CCN(Cc3ccccc3)CC2)CN1. The molecule has 1 aromatic carbocycles. The summed E-state index contributed by atoms with van der Waals surface area (Å²) in [4.78, 5) is 27.8. The van der Waals surface area contributed by atoms with E-state index in [1.54, 1.807) is 0 Å². The van der Waals surface area contributed by atoms with Gasteiger partial charge in [-0.25, -0.2) is 0 Å². The summed E-state index contributed by atoms with van der Waals surface area (Å²) in [6, 6.07) is 10.4. The molecule has 2 aliphatic heterocycles. The van der Waals surface area contributed by atoms with Crippen LogP contribution in [0.5, 0.6) is 0 Å². The van der Waals surface area contributed by atoms with Gasteiger partial charge in [0.15, 0.2) is 0 Å². The molecule has 0 aliphatic carbocycles. The molecule has 0 saturated carbocycles. The first kappa shape index (κ1) is 14.1. The number of carbonyl (C=O) groups is 2. The van der Waals surface area contributed by atoms with Gasteiger partial charge in [-0.3, -0.25) is 14.5 Å². The Morgan fingerprint density at radius 2 is 1.86 bits per heavy atom. The summed E-state index contributed by atoms with van der Waals surface area (Å²) in [6.45, 7) is 4.75. The van der Waals surface area contributed by atoms with Crippen molar-refractivity contribution in [2.75, 3.05) is 32.7 Å². The molecule has 2 amide bonds. The van der Waals surface area contributed by atoms with Crippen LogP contribution < -0.4 is 5.32 Å². The molecular formula is C16H21N3O2. The van der Waals surface area contributed by atoms with Crippen molar-refractivity contribution in [3.8, 4) is 0 Å². The first-order valence-corrected chi connectivity index (χ1v) is 7.54. The van der Waals surface area contributed by atoms with Crippen LogP contribution >= 0.6 is 0 Å². The zero-order valence-electron chi connectivity index (χ0n) is 12.1. The minimum Gasteiger partial charge on any atom is -0.355 e. The molecule has 1 aromatic rings. The van der Waals surface area contributed by atoms with E-state index in [0.29, 0.717) is 13.0 Å². The molecule has 0 radical (unpaired) electrons. The Balaban J connectivity index is 1.49. The highest BCUT2D eigenvalue weighted by atomic mass is 16.2. The van der Waals surface area contributed by atoms with Crippen LogP contribution in [0.4, 0.5) is 0 Å².